The summed E-state index contributed by atoms with van der Waals surface area (Å²) >= 11 is 0. The number of benzene rings is 1. The van der Waals surface area contributed by atoms with Crippen LogP contribution in [0.15, 0.2) is 36.4 Å². The Morgan fingerprint density at radius 1 is 1.16 bits per heavy atom. The van der Waals surface area contributed by atoms with Crippen LogP contribution in [0.5, 0.6) is 0 Å². The van der Waals surface area contributed by atoms with E-state index in [0.717, 1.165) is 12.1 Å². The van der Waals surface area contributed by atoms with Gasteiger partial charge in [0.2, 0.25) is 0 Å². The van der Waals surface area contributed by atoms with Gasteiger partial charge in [-0.1, -0.05) is 12.1 Å². The number of nitrogen functional groups attached to an aromatic ring is 1. The zero-order valence-corrected chi connectivity index (χ0v) is 9.57. The number of alkyl halides is 3. The van der Waals surface area contributed by atoms with Gasteiger partial charge in [0.15, 0.2) is 0 Å². The zero-order valence-electron chi connectivity index (χ0n) is 9.57. The molecule has 0 aliphatic rings. The number of aromatic nitrogens is 1. The quantitative estimate of drug-likeness (QED) is 0.859. The van der Waals surface area contributed by atoms with Gasteiger partial charge in [0.1, 0.15) is 17.6 Å². The van der Waals surface area contributed by atoms with Gasteiger partial charge in [-0.25, -0.2) is 4.98 Å². The van der Waals surface area contributed by atoms with E-state index in [2.05, 4.69) is 4.98 Å². The van der Waals surface area contributed by atoms with E-state index in [-0.39, 0.29) is 11.5 Å². The first-order valence-electron chi connectivity index (χ1n) is 5.26. The van der Waals surface area contributed by atoms with Gasteiger partial charge in [-0.15, -0.1) is 0 Å². The van der Waals surface area contributed by atoms with Crippen LogP contribution in [0.3, 0.4) is 0 Å². The lowest BCUT2D eigenvalue weighted by molar-refractivity contribution is -0.137. The molecule has 0 amide bonds. The number of halogens is 3. The molecule has 6 heteroatoms. The Labute approximate surface area is 107 Å². The highest BCUT2D eigenvalue weighted by atomic mass is 19.4. The normalized spacial score (nSPS) is 11.1. The number of nitriles is 1. The molecule has 0 unspecified atom stereocenters. The summed E-state index contributed by atoms with van der Waals surface area (Å²) < 4.78 is 37.8. The molecule has 0 aliphatic heterocycles. The fourth-order valence-electron chi connectivity index (χ4n) is 1.64. The molecule has 2 aromatic rings. The standard InChI is InChI=1S/C13H8F3N3/c14-13(15,16)9-3-1-2-8(6-9)11-5-4-10(7-17)19-12(11)18/h1-6H,(H2,18,19). The highest BCUT2D eigenvalue weighted by Gasteiger charge is 2.30. The van der Waals surface area contributed by atoms with Crippen molar-refractivity contribution in [2.24, 2.45) is 0 Å². The molecule has 2 N–H and O–H groups in total. The molecule has 96 valence electrons. The maximum absolute atomic E-state index is 12.6. The molecule has 0 radical (unpaired) electrons. The first-order valence-corrected chi connectivity index (χ1v) is 5.26. The fourth-order valence-corrected chi connectivity index (χ4v) is 1.64. The van der Waals surface area contributed by atoms with Crippen LogP contribution in [0.1, 0.15) is 11.3 Å². The van der Waals surface area contributed by atoms with Crippen molar-refractivity contribution in [3.05, 3.63) is 47.7 Å². The number of hydrogen-bond donors (Lipinski definition) is 1. The molecule has 19 heavy (non-hydrogen) atoms. The Hall–Kier alpha value is -2.55. The third-order valence-electron chi connectivity index (χ3n) is 2.54. The number of hydrogen-bond acceptors (Lipinski definition) is 3. The summed E-state index contributed by atoms with van der Waals surface area (Å²) in [5.41, 5.74) is 5.68. The second-order valence-corrected chi connectivity index (χ2v) is 3.82. The van der Waals surface area contributed by atoms with E-state index < -0.39 is 11.7 Å². The van der Waals surface area contributed by atoms with Crippen LogP contribution in [-0.4, -0.2) is 4.98 Å². The Morgan fingerprint density at radius 3 is 2.47 bits per heavy atom. The van der Waals surface area contributed by atoms with Crippen LogP contribution in [0, 0.1) is 11.3 Å². The van der Waals surface area contributed by atoms with E-state index in [1.165, 1.54) is 24.3 Å². The summed E-state index contributed by atoms with van der Waals surface area (Å²) in [6.07, 6.45) is -4.41. The van der Waals surface area contributed by atoms with Crippen LogP contribution in [0.25, 0.3) is 11.1 Å². The van der Waals surface area contributed by atoms with Gasteiger partial charge < -0.3 is 5.73 Å². The Kier molecular flexibility index (Phi) is 3.13. The first kappa shape index (κ1) is 12.9. The molecule has 0 fully saturated rings. The van der Waals surface area contributed by atoms with E-state index in [0.29, 0.717) is 11.1 Å². The summed E-state index contributed by atoms with van der Waals surface area (Å²) in [5, 5.41) is 8.66. The molecule has 0 spiro atoms. The van der Waals surface area contributed by atoms with Gasteiger partial charge in [0.05, 0.1) is 5.56 Å². The number of anilines is 1. The highest BCUT2D eigenvalue weighted by Crippen LogP contribution is 2.33. The van der Waals surface area contributed by atoms with Crippen LogP contribution >= 0.6 is 0 Å². The largest absolute Gasteiger partial charge is 0.416 e. The van der Waals surface area contributed by atoms with E-state index >= 15 is 0 Å². The molecule has 0 saturated heterocycles. The van der Waals surface area contributed by atoms with Gasteiger partial charge >= 0.3 is 6.18 Å². The molecule has 1 heterocycles. The SMILES string of the molecule is N#Cc1ccc(-c2cccc(C(F)(F)F)c2)c(N)n1. The minimum absolute atomic E-state index is 0.0263. The van der Waals surface area contributed by atoms with Crippen molar-refractivity contribution in [1.82, 2.24) is 4.98 Å². The summed E-state index contributed by atoms with van der Waals surface area (Å²) in [6, 6.07) is 9.49. The molecule has 0 bridgehead atoms. The van der Waals surface area contributed by atoms with Crippen molar-refractivity contribution >= 4 is 5.82 Å². The number of nitrogens with two attached hydrogens (primary N) is 1. The van der Waals surface area contributed by atoms with Crippen molar-refractivity contribution in [2.75, 3.05) is 5.73 Å². The lowest BCUT2D eigenvalue weighted by Gasteiger charge is -2.10. The Bertz CT molecular complexity index is 657. The van der Waals surface area contributed by atoms with Gasteiger partial charge in [0.25, 0.3) is 0 Å². The van der Waals surface area contributed by atoms with Crippen molar-refractivity contribution < 1.29 is 13.2 Å². The van der Waals surface area contributed by atoms with E-state index in [1.807, 2.05) is 6.07 Å². The second-order valence-electron chi connectivity index (χ2n) is 3.82. The summed E-state index contributed by atoms with van der Waals surface area (Å²) in [4.78, 5) is 3.80. The smallest absolute Gasteiger partial charge is 0.383 e. The summed E-state index contributed by atoms with van der Waals surface area (Å²) in [7, 11) is 0. The molecule has 0 aliphatic carbocycles. The monoisotopic (exact) mass is 263 g/mol. The number of rotatable bonds is 1. The highest BCUT2D eigenvalue weighted by molar-refractivity contribution is 5.74. The number of pyridine rings is 1. The van der Waals surface area contributed by atoms with E-state index in [9.17, 15) is 13.2 Å². The molecular formula is C13H8F3N3. The number of nitrogens with zero attached hydrogens (tertiary/aromatic N) is 2. The molecular weight excluding hydrogens is 255 g/mol. The van der Waals surface area contributed by atoms with E-state index in [4.69, 9.17) is 11.0 Å². The van der Waals surface area contributed by atoms with Crippen LogP contribution in [0.4, 0.5) is 19.0 Å². The molecule has 0 atom stereocenters. The lowest BCUT2D eigenvalue weighted by Crippen LogP contribution is -2.05. The predicted octanol–water partition coefficient (Wildman–Crippen LogP) is 3.22. The van der Waals surface area contributed by atoms with E-state index in [1.54, 1.807) is 0 Å². The zero-order chi connectivity index (χ0) is 14.0. The first-order chi connectivity index (χ1) is 8.91. The Morgan fingerprint density at radius 2 is 1.89 bits per heavy atom. The maximum atomic E-state index is 12.6. The van der Waals surface area contributed by atoms with Gasteiger partial charge in [0, 0.05) is 5.56 Å². The third kappa shape index (κ3) is 2.65. The van der Waals surface area contributed by atoms with Crippen LogP contribution < -0.4 is 5.73 Å². The molecule has 1 aromatic carbocycles. The average molecular weight is 263 g/mol. The van der Waals surface area contributed by atoms with Gasteiger partial charge in [-0.05, 0) is 29.8 Å². The second kappa shape index (κ2) is 4.61. The fraction of sp³-hybridized carbons (Fsp3) is 0.0769. The molecule has 2 rings (SSSR count). The summed E-state index contributed by atoms with van der Waals surface area (Å²) in [5.74, 6) is 0.0263. The molecule has 3 nitrogen and oxygen atoms in total. The molecule has 1 aromatic heterocycles. The third-order valence-corrected chi connectivity index (χ3v) is 2.54. The minimum Gasteiger partial charge on any atom is -0.383 e. The van der Waals surface area contributed by atoms with Crippen molar-refractivity contribution in [2.45, 2.75) is 6.18 Å². The van der Waals surface area contributed by atoms with Gasteiger partial charge in [-0.2, -0.15) is 18.4 Å². The average Bonchev–Trinajstić information content (AvgIpc) is 2.37. The predicted molar refractivity (Wildman–Crippen MR) is 63.8 cm³/mol. The minimum atomic E-state index is -4.41. The summed E-state index contributed by atoms with van der Waals surface area (Å²) in [6.45, 7) is 0. The lowest BCUT2D eigenvalue weighted by atomic mass is 10.0. The van der Waals surface area contributed by atoms with Crippen LogP contribution in [0.2, 0.25) is 0 Å². The maximum Gasteiger partial charge on any atom is 0.416 e. The molecule has 0 saturated carbocycles. The van der Waals surface area contributed by atoms with Gasteiger partial charge in [-0.3, -0.25) is 0 Å². The van der Waals surface area contributed by atoms with Crippen molar-refractivity contribution in [3.8, 4) is 17.2 Å². The van der Waals surface area contributed by atoms with Crippen LogP contribution in [-0.2, 0) is 6.18 Å². The topological polar surface area (TPSA) is 62.7 Å². The Balaban J connectivity index is 2.51. The van der Waals surface area contributed by atoms with Crippen molar-refractivity contribution in [1.29, 1.82) is 5.26 Å². The van der Waals surface area contributed by atoms with Crippen molar-refractivity contribution in [3.63, 3.8) is 0 Å².